The average molecular weight is 203 g/mol. The second-order valence-electron chi connectivity index (χ2n) is 3.74. The van der Waals surface area contributed by atoms with Gasteiger partial charge in [-0.1, -0.05) is 12.2 Å². The number of hydrogen-bond acceptors (Lipinski definition) is 3. The summed E-state index contributed by atoms with van der Waals surface area (Å²) >= 11 is 0. The SMILES string of the molecule is C=NNC1=CN(C=C(C)C)C(=C)C(C)=C1. The summed E-state index contributed by atoms with van der Waals surface area (Å²) in [6.45, 7) is 13.5. The molecule has 3 nitrogen and oxygen atoms in total. The maximum Gasteiger partial charge on any atom is 0.0730 e. The van der Waals surface area contributed by atoms with Crippen LogP contribution in [-0.2, 0) is 0 Å². The van der Waals surface area contributed by atoms with Crippen molar-refractivity contribution in [3.63, 3.8) is 0 Å². The van der Waals surface area contributed by atoms with Gasteiger partial charge >= 0.3 is 0 Å². The van der Waals surface area contributed by atoms with Crippen LogP contribution < -0.4 is 5.43 Å². The van der Waals surface area contributed by atoms with Crippen LogP contribution in [0, 0.1) is 0 Å². The number of allylic oxidation sites excluding steroid dienone is 3. The van der Waals surface area contributed by atoms with Crippen LogP contribution in [0.2, 0.25) is 0 Å². The van der Waals surface area contributed by atoms with Gasteiger partial charge in [0.2, 0.25) is 0 Å². The summed E-state index contributed by atoms with van der Waals surface area (Å²) in [6, 6.07) is 0. The number of rotatable bonds is 3. The molecule has 0 atom stereocenters. The van der Waals surface area contributed by atoms with Crippen LogP contribution in [-0.4, -0.2) is 11.6 Å². The molecule has 0 aromatic rings. The normalized spacial score (nSPS) is 15.4. The second-order valence-corrected chi connectivity index (χ2v) is 3.74. The fraction of sp³-hybridized carbons (Fsp3) is 0.250. The van der Waals surface area contributed by atoms with Crippen LogP contribution in [0.15, 0.2) is 52.7 Å². The molecule has 0 aromatic carbocycles. The van der Waals surface area contributed by atoms with Crippen molar-refractivity contribution in [3.05, 3.63) is 47.6 Å². The molecule has 0 radical (unpaired) electrons. The standard InChI is InChI=1S/C12H17N3/c1-9(2)7-15-8-12(14-13-5)6-10(3)11(15)4/h6-8,14H,4-5H2,1-3H3. The van der Waals surface area contributed by atoms with Crippen molar-refractivity contribution < 1.29 is 0 Å². The second kappa shape index (κ2) is 4.64. The molecule has 1 aliphatic rings. The summed E-state index contributed by atoms with van der Waals surface area (Å²) in [5, 5.41) is 3.64. The third-order valence-corrected chi connectivity index (χ3v) is 2.02. The smallest absolute Gasteiger partial charge is 0.0730 e. The summed E-state index contributed by atoms with van der Waals surface area (Å²) < 4.78 is 0. The summed E-state index contributed by atoms with van der Waals surface area (Å²) in [5.41, 5.74) is 7.04. The minimum absolute atomic E-state index is 0.910. The molecule has 0 saturated carbocycles. The lowest BCUT2D eigenvalue weighted by Crippen LogP contribution is -2.18. The quantitative estimate of drug-likeness (QED) is 0.564. The molecule has 0 aromatic heterocycles. The minimum Gasteiger partial charge on any atom is -0.322 e. The van der Waals surface area contributed by atoms with Gasteiger partial charge in [0.15, 0.2) is 0 Å². The predicted octanol–water partition coefficient (Wildman–Crippen LogP) is 2.73. The van der Waals surface area contributed by atoms with Gasteiger partial charge in [-0.3, -0.25) is 5.43 Å². The fourth-order valence-electron chi connectivity index (χ4n) is 1.33. The molecule has 15 heavy (non-hydrogen) atoms. The van der Waals surface area contributed by atoms with Gasteiger partial charge in [-0.05, 0) is 32.4 Å². The lowest BCUT2D eigenvalue weighted by atomic mass is 10.1. The van der Waals surface area contributed by atoms with Crippen molar-refractivity contribution >= 4 is 6.72 Å². The molecule has 3 heteroatoms. The van der Waals surface area contributed by atoms with Crippen LogP contribution >= 0.6 is 0 Å². The van der Waals surface area contributed by atoms with E-state index in [-0.39, 0.29) is 0 Å². The van der Waals surface area contributed by atoms with E-state index in [0.29, 0.717) is 0 Å². The zero-order valence-electron chi connectivity index (χ0n) is 9.54. The Kier molecular flexibility index (Phi) is 3.50. The zero-order chi connectivity index (χ0) is 11.4. The number of hydrogen-bond donors (Lipinski definition) is 1. The molecule has 80 valence electrons. The molecular weight excluding hydrogens is 186 g/mol. The van der Waals surface area contributed by atoms with E-state index in [1.807, 2.05) is 44.1 Å². The minimum atomic E-state index is 0.910. The summed E-state index contributed by atoms with van der Waals surface area (Å²) in [4.78, 5) is 1.98. The van der Waals surface area contributed by atoms with Crippen molar-refractivity contribution in [2.24, 2.45) is 5.10 Å². The number of nitrogens with one attached hydrogen (secondary N) is 1. The molecule has 0 amide bonds. The van der Waals surface area contributed by atoms with E-state index in [0.717, 1.165) is 17.0 Å². The molecule has 0 bridgehead atoms. The molecular formula is C12H17N3. The number of nitrogens with zero attached hydrogens (tertiary/aromatic N) is 2. The van der Waals surface area contributed by atoms with E-state index < -0.39 is 0 Å². The van der Waals surface area contributed by atoms with Crippen LogP contribution in [0.5, 0.6) is 0 Å². The third-order valence-electron chi connectivity index (χ3n) is 2.02. The Bertz CT molecular complexity index is 368. The molecule has 0 spiro atoms. The first-order valence-corrected chi connectivity index (χ1v) is 4.79. The number of hydrazone groups is 1. The summed E-state index contributed by atoms with van der Waals surface area (Å²) in [5.74, 6) is 0. The van der Waals surface area contributed by atoms with E-state index in [4.69, 9.17) is 0 Å². The van der Waals surface area contributed by atoms with Gasteiger partial charge in [-0.2, -0.15) is 5.10 Å². The van der Waals surface area contributed by atoms with Crippen LogP contribution in [0.25, 0.3) is 0 Å². The van der Waals surface area contributed by atoms with Crippen molar-refractivity contribution in [2.75, 3.05) is 0 Å². The molecule has 0 unspecified atom stereocenters. The van der Waals surface area contributed by atoms with Gasteiger partial charge in [0, 0.05) is 24.8 Å². The first-order chi connectivity index (χ1) is 7.04. The molecule has 0 fully saturated rings. The molecule has 1 heterocycles. The molecule has 1 aliphatic heterocycles. The Morgan fingerprint density at radius 2 is 2.20 bits per heavy atom. The van der Waals surface area contributed by atoms with E-state index in [1.165, 1.54) is 5.57 Å². The van der Waals surface area contributed by atoms with Gasteiger partial charge in [0.25, 0.3) is 0 Å². The first-order valence-electron chi connectivity index (χ1n) is 4.79. The monoisotopic (exact) mass is 203 g/mol. The summed E-state index contributed by atoms with van der Waals surface area (Å²) in [6.07, 6.45) is 5.97. The van der Waals surface area contributed by atoms with Gasteiger partial charge < -0.3 is 4.90 Å². The highest BCUT2D eigenvalue weighted by atomic mass is 15.3. The Morgan fingerprint density at radius 3 is 2.73 bits per heavy atom. The van der Waals surface area contributed by atoms with Gasteiger partial charge in [0.05, 0.1) is 5.70 Å². The van der Waals surface area contributed by atoms with Crippen molar-refractivity contribution in [1.82, 2.24) is 10.3 Å². The Labute approximate surface area is 91.2 Å². The highest BCUT2D eigenvalue weighted by Crippen LogP contribution is 2.22. The van der Waals surface area contributed by atoms with Gasteiger partial charge in [-0.25, -0.2) is 0 Å². The molecule has 0 aliphatic carbocycles. The Hall–Kier alpha value is -1.77. The lowest BCUT2D eigenvalue weighted by Gasteiger charge is -2.25. The Morgan fingerprint density at radius 1 is 1.53 bits per heavy atom. The lowest BCUT2D eigenvalue weighted by molar-refractivity contribution is 0.612. The van der Waals surface area contributed by atoms with Crippen molar-refractivity contribution in [2.45, 2.75) is 20.8 Å². The third kappa shape index (κ3) is 2.84. The molecule has 1 N–H and O–H groups in total. The van der Waals surface area contributed by atoms with E-state index in [2.05, 4.69) is 23.8 Å². The van der Waals surface area contributed by atoms with Crippen LogP contribution in [0.4, 0.5) is 0 Å². The van der Waals surface area contributed by atoms with Gasteiger partial charge in [-0.15, -0.1) is 0 Å². The van der Waals surface area contributed by atoms with Crippen LogP contribution in [0.3, 0.4) is 0 Å². The average Bonchev–Trinajstić information content (AvgIpc) is 2.13. The maximum absolute atomic E-state index is 4.02. The molecule has 0 saturated heterocycles. The predicted molar refractivity (Wildman–Crippen MR) is 64.9 cm³/mol. The van der Waals surface area contributed by atoms with Crippen molar-refractivity contribution in [1.29, 1.82) is 0 Å². The Balaban J connectivity index is 2.99. The summed E-state index contributed by atoms with van der Waals surface area (Å²) in [7, 11) is 0. The maximum atomic E-state index is 4.02. The zero-order valence-corrected chi connectivity index (χ0v) is 9.54. The molecule has 1 rings (SSSR count). The van der Waals surface area contributed by atoms with E-state index in [1.54, 1.807) is 0 Å². The van der Waals surface area contributed by atoms with Crippen molar-refractivity contribution in [3.8, 4) is 0 Å². The van der Waals surface area contributed by atoms with E-state index >= 15 is 0 Å². The highest BCUT2D eigenvalue weighted by Gasteiger charge is 2.11. The topological polar surface area (TPSA) is 27.6 Å². The fourth-order valence-corrected chi connectivity index (χ4v) is 1.33. The largest absolute Gasteiger partial charge is 0.322 e. The van der Waals surface area contributed by atoms with Gasteiger partial charge in [0.1, 0.15) is 0 Å². The first kappa shape index (κ1) is 11.3. The van der Waals surface area contributed by atoms with E-state index in [9.17, 15) is 0 Å². The van der Waals surface area contributed by atoms with Crippen LogP contribution in [0.1, 0.15) is 20.8 Å². The highest BCUT2D eigenvalue weighted by molar-refractivity contribution is 5.40.